The van der Waals surface area contributed by atoms with Gasteiger partial charge in [0.1, 0.15) is 11.8 Å². The zero-order valence-corrected chi connectivity index (χ0v) is 10.3. The maximum Gasteiger partial charge on any atom is 0.165 e. The van der Waals surface area contributed by atoms with Gasteiger partial charge in [0.05, 0.1) is 6.33 Å². The number of aromatic nitrogens is 4. The molecule has 1 aliphatic heterocycles. The minimum absolute atomic E-state index is 0.459. The van der Waals surface area contributed by atoms with E-state index in [4.69, 9.17) is 5.73 Å². The number of nitrogens with zero attached hydrogens (tertiary/aromatic N) is 4. The van der Waals surface area contributed by atoms with Crippen molar-refractivity contribution in [3.63, 3.8) is 0 Å². The number of nitrogens with two attached hydrogens (primary N) is 1. The van der Waals surface area contributed by atoms with Crippen LogP contribution in [0.1, 0.15) is 19.3 Å². The SMILES string of the molecule is Nc1ncnc2c1ncn2CCC1CCNCC1. The Morgan fingerprint density at radius 3 is 2.94 bits per heavy atom. The number of fused-ring (bicyclic) bond motifs is 1. The Labute approximate surface area is 106 Å². The molecule has 0 amide bonds. The van der Waals surface area contributed by atoms with Gasteiger partial charge in [-0.05, 0) is 38.3 Å². The van der Waals surface area contributed by atoms with Gasteiger partial charge in [-0.2, -0.15) is 0 Å². The smallest absolute Gasteiger partial charge is 0.165 e. The molecule has 3 N–H and O–H groups in total. The molecule has 1 fully saturated rings. The Hall–Kier alpha value is -1.69. The van der Waals surface area contributed by atoms with Crippen molar-refractivity contribution in [3.8, 4) is 0 Å². The third-order valence-corrected chi connectivity index (χ3v) is 3.67. The summed E-state index contributed by atoms with van der Waals surface area (Å²) in [5.74, 6) is 1.27. The Morgan fingerprint density at radius 2 is 2.11 bits per heavy atom. The molecule has 3 heterocycles. The second kappa shape index (κ2) is 4.89. The second-order valence-electron chi connectivity index (χ2n) is 4.85. The fourth-order valence-electron chi connectivity index (χ4n) is 2.55. The Kier molecular flexibility index (Phi) is 3.10. The van der Waals surface area contributed by atoms with Crippen molar-refractivity contribution in [3.05, 3.63) is 12.7 Å². The fourth-order valence-corrected chi connectivity index (χ4v) is 2.55. The van der Waals surface area contributed by atoms with Crippen LogP contribution in [-0.4, -0.2) is 32.6 Å². The molecular formula is C12H18N6. The second-order valence-corrected chi connectivity index (χ2v) is 4.85. The summed E-state index contributed by atoms with van der Waals surface area (Å²) in [4.78, 5) is 12.5. The maximum absolute atomic E-state index is 5.77. The van der Waals surface area contributed by atoms with Crippen LogP contribution in [0.4, 0.5) is 5.82 Å². The predicted octanol–water partition coefficient (Wildman–Crippen LogP) is 0.798. The minimum Gasteiger partial charge on any atom is -0.382 e. The van der Waals surface area contributed by atoms with Crippen molar-refractivity contribution < 1.29 is 0 Å². The molecule has 1 saturated heterocycles. The van der Waals surface area contributed by atoms with Gasteiger partial charge in [0.2, 0.25) is 0 Å². The number of anilines is 1. The van der Waals surface area contributed by atoms with Gasteiger partial charge in [0.15, 0.2) is 11.5 Å². The van der Waals surface area contributed by atoms with E-state index in [1.165, 1.54) is 25.6 Å². The molecule has 1 aliphatic rings. The highest BCUT2D eigenvalue weighted by Crippen LogP contribution is 2.19. The molecule has 0 radical (unpaired) electrons. The zero-order valence-electron chi connectivity index (χ0n) is 10.3. The van der Waals surface area contributed by atoms with Crippen LogP contribution in [0, 0.1) is 5.92 Å². The van der Waals surface area contributed by atoms with Gasteiger partial charge in [-0.3, -0.25) is 0 Å². The molecule has 0 unspecified atom stereocenters. The van der Waals surface area contributed by atoms with Crippen molar-refractivity contribution in [2.75, 3.05) is 18.8 Å². The molecule has 6 nitrogen and oxygen atoms in total. The summed E-state index contributed by atoms with van der Waals surface area (Å²) in [5.41, 5.74) is 7.33. The fraction of sp³-hybridized carbons (Fsp3) is 0.583. The van der Waals surface area contributed by atoms with E-state index in [-0.39, 0.29) is 0 Å². The highest BCUT2D eigenvalue weighted by Gasteiger charge is 2.14. The number of rotatable bonds is 3. The predicted molar refractivity (Wildman–Crippen MR) is 69.9 cm³/mol. The molecule has 0 atom stereocenters. The molecule has 0 saturated carbocycles. The van der Waals surface area contributed by atoms with Crippen LogP contribution in [0.25, 0.3) is 11.2 Å². The minimum atomic E-state index is 0.459. The first-order valence-corrected chi connectivity index (χ1v) is 6.46. The van der Waals surface area contributed by atoms with Gasteiger partial charge in [0.25, 0.3) is 0 Å². The summed E-state index contributed by atoms with van der Waals surface area (Å²) < 4.78 is 2.08. The van der Waals surface area contributed by atoms with Crippen molar-refractivity contribution in [2.24, 2.45) is 5.92 Å². The zero-order chi connectivity index (χ0) is 12.4. The van der Waals surface area contributed by atoms with Crippen LogP contribution in [0.2, 0.25) is 0 Å². The Balaban J connectivity index is 1.72. The van der Waals surface area contributed by atoms with E-state index in [0.717, 1.165) is 31.2 Å². The number of nitrogen functional groups attached to an aromatic ring is 1. The Morgan fingerprint density at radius 1 is 1.28 bits per heavy atom. The van der Waals surface area contributed by atoms with E-state index in [0.29, 0.717) is 11.3 Å². The highest BCUT2D eigenvalue weighted by atomic mass is 15.1. The van der Waals surface area contributed by atoms with Crippen molar-refractivity contribution in [1.82, 2.24) is 24.8 Å². The number of aryl methyl sites for hydroxylation is 1. The molecule has 0 bridgehead atoms. The summed E-state index contributed by atoms with van der Waals surface area (Å²) in [6.07, 6.45) is 7.03. The summed E-state index contributed by atoms with van der Waals surface area (Å²) in [5, 5.41) is 3.39. The molecule has 0 spiro atoms. The van der Waals surface area contributed by atoms with E-state index >= 15 is 0 Å². The summed E-state index contributed by atoms with van der Waals surface area (Å²) in [6, 6.07) is 0. The molecule has 0 aliphatic carbocycles. The lowest BCUT2D eigenvalue weighted by Crippen LogP contribution is -2.28. The Bertz CT molecular complexity index is 528. The van der Waals surface area contributed by atoms with Crippen LogP contribution < -0.4 is 11.1 Å². The van der Waals surface area contributed by atoms with Crippen LogP contribution in [0.3, 0.4) is 0 Å². The van der Waals surface area contributed by atoms with Crippen molar-refractivity contribution in [2.45, 2.75) is 25.8 Å². The number of hydrogen-bond donors (Lipinski definition) is 2. The normalized spacial score (nSPS) is 17.3. The van der Waals surface area contributed by atoms with E-state index < -0.39 is 0 Å². The monoisotopic (exact) mass is 246 g/mol. The third kappa shape index (κ3) is 2.15. The first kappa shape index (κ1) is 11.4. The van der Waals surface area contributed by atoms with Gasteiger partial charge >= 0.3 is 0 Å². The maximum atomic E-state index is 5.77. The van der Waals surface area contributed by atoms with Crippen LogP contribution >= 0.6 is 0 Å². The topological polar surface area (TPSA) is 81.7 Å². The van der Waals surface area contributed by atoms with Gasteiger partial charge in [-0.15, -0.1) is 0 Å². The number of imidazole rings is 1. The highest BCUT2D eigenvalue weighted by molar-refractivity contribution is 5.80. The van der Waals surface area contributed by atoms with E-state index in [2.05, 4.69) is 24.8 Å². The molecular weight excluding hydrogens is 228 g/mol. The van der Waals surface area contributed by atoms with Gasteiger partial charge in [-0.1, -0.05) is 0 Å². The van der Waals surface area contributed by atoms with Crippen LogP contribution in [0.15, 0.2) is 12.7 Å². The van der Waals surface area contributed by atoms with E-state index in [1.807, 2.05) is 6.33 Å². The molecule has 18 heavy (non-hydrogen) atoms. The number of nitrogens with one attached hydrogen (secondary N) is 1. The first-order valence-electron chi connectivity index (χ1n) is 6.46. The third-order valence-electron chi connectivity index (χ3n) is 3.67. The summed E-state index contributed by atoms with van der Waals surface area (Å²) in [6.45, 7) is 3.24. The summed E-state index contributed by atoms with van der Waals surface area (Å²) in [7, 11) is 0. The molecule has 2 aromatic rings. The van der Waals surface area contributed by atoms with Gasteiger partial charge in [-0.25, -0.2) is 15.0 Å². The van der Waals surface area contributed by atoms with Crippen molar-refractivity contribution >= 4 is 17.0 Å². The van der Waals surface area contributed by atoms with Crippen LogP contribution in [0.5, 0.6) is 0 Å². The largest absolute Gasteiger partial charge is 0.382 e. The average molecular weight is 246 g/mol. The number of hydrogen-bond acceptors (Lipinski definition) is 5. The lowest BCUT2D eigenvalue weighted by atomic mass is 9.95. The standard InChI is InChI=1S/C12H18N6/c13-11-10-12(16-7-15-11)18(8-17-10)6-3-9-1-4-14-5-2-9/h7-9,14H,1-6H2,(H2,13,15,16). The molecule has 6 heteroatoms. The summed E-state index contributed by atoms with van der Waals surface area (Å²) >= 11 is 0. The number of piperidine rings is 1. The van der Waals surface area contributed by atoms with Gasteiger partial charge < -0.3 is 15.6 Å². The van der Waals surface area contributed by atoms with E-state index in [9.17, 15) is 0 Å². The van der Waals surface area contributed by atoms with E-state index in [1.54, 1.807) is 0 Å². The molecule has 3 rings (SSSR count). The van der Waals surface area contributed by atoms with Crippen LogP contribution in [-0.2, 0) is 6.54 Å². The van der Waals surface area contributed by atoms with Gasteiger partial charge in [0, 0.05) is 6.54 Å². The lowest BCUT2D eigenvalue weighted by Gasteiger charge is -2.22. The first-order chi connectivity index (χ1) is 8.84. The quantitative estimate of drug-likeness (QED) is 0.837. The van der Waals surface area contributed by atoms with Crippen molar-refractivity contribution in [1.29, 1.82) is 0 Å². The molecule has 96 valence electrons. The average Bonchev–Trinajstić information content (AvgIpc) is 2.82. The molecule has 2 aromatic heterocycles. The lowest BCUT2D eigenvalue weighted by molar-refractivity contribution is 0.339. The molecule has 0 aromatic carbocycles.